The molecule has 0 aliphatic heterocycles. The van der Waals surface area contributed by atoms with Crippen LogP contribution in [0.3, 0.4) is 0 Å². The number of hydrogen-bond donors (Lipinski definition) is 5. The number of aliphatic carboxylic acids is 1. The Morgan fingerprint density at radius 1 is 1.03 bits per heavy atom. The van der Waals surface area contributed by atoms with Crippen LogP contribution in [-0.2, 0) is 11.3 Å². The fourth-order valence-corrected chi connectivity index (χ4v) is 4.57. The lowest BCUT2D eigenvalue weighted by Crippen LogP contribution is -2.53. The third kappa shape index (κ3) is 6.40. The molecule has 7 heteroatoms. The predicted molar refractivity (Wildman–Crippen MR) is 123 cm³/mol. The Labute approximate surface area is 184 Å². The number of carboxylic acids is 1. The summed E-state index contributed by atoms with van der Waals surface area (Å²) in [4.78, 5) is 11.9. The van der Waals surface area contributed by atoms with Gasteiger partial charge in [-0.1, -0.05) is 67.4 Å². The lowest BCUT2D eigenvalue weighted by Gasteiger charge is -2.31. The molecule has 0 amide bonds. The minimum atomic E-state index is -1.35. The van der Waals surface area contributed by atoms with Crippen molar-refractivity contribution >= 4 is 13.1 Å². The van der Waals surface area contributed by atoms with Gasteiger partial charge in [0.05, 0.1) is 0 Å². The van der Waals surface area contributed by atoms with Crippen molar-refractivity contribution in [2.45, 2.75) is 63.0 Å². The minimum Gasteiger partial charge on any atom is -0.480 e. The Balaban J connectivity index is 1.50. The number of carbonyl (C=O) groups is 1. The lowest BCUT2D eigenvalue weighted by atomic mass is 9.77. The normalized spacial score (nSPS) is 20.4. The first kappa shape index (κ1) is 23.5. The molecule has 31 heavy (non-hydrogen) atoms. The van der Waals surface area contributed by atoms with Crippen molar-refractivity contribution in [3.05, 3.63) is 60.2 Å². The first-order valence-corrected chi connectivity index (χ1v) is 11.1. The van der Waals surface area contributed by atoms with Gasteiger partial charge in [-0.25, -0.2) is 0 Å². The maximum atomic E-state index is 11.9. The van der Waals surface area contributed by atoms with Crippen molar-refractivity contribution in [1.82, 2.24) is 5.32 Å². The minimum absolute atomic E-state index is 0.0815. The molecule has 2 aromatic carbocycles. The number of nitrogens with two attached hydrogens (primary N) is 1. The van der Waals surface area contributed by atoms with Crippen LogP contribution in [0.2, 0.25) is 6.32 Å². The Morgan fingerprint density at radius 3 is 2.35 bits per heavy atom. The molecule has 0 heterocycles. The maximum Gasteiger partial charge on any atom is 0.451 e. The van der Waals surface area contributed by atoms with Crippen molar-refractivity contribution in [3.63, 3.8) is 0 Å². The van der Waals surface area contributed by atoms with E-state index in [0.29, 0.717) is 19.3 Å². The first-order valence-electron chi connectivity index (χ1n) is 11.1. The van der Waals surface area contributed by atoms with Gasteiger partial charge in [0, 0.05) is 12.6 Å². The number of carboxylic acid groups (broad SMARTS) is 1. The molecule has 166 valence electrons. The van der Waals surface area contributed by atoms with E-state index in [1.54, 1.807) is 0 Å². The third-order valence-corrected chi connectivity index (χ3v) is 6.52. The molecule has 1 aliphatic rings. The second kappa shape index (κ2) is 10.9. The SMILES string of the molecule is NC(CCCCB(O)O)(C(=O)O)[C@H]1CC[C@@H](NCc2ccc(-c3ccccc3)cc2)C1. The number of benzene rings is 2. The van der Waals surface area contributed by atoms with Crippen LogP contribution in [-0.4, -0.2) is 39.8 Å². The summed E-state index contributed by atoms with van der Waals surface area (Å²) in [6.45, 7) is 0.742. The third-order valence-electron chi connectivity index (χ3n) is 6.52. The molecule has 6 nitrogen and oxygen atoms in total. The van der Waals surface area contributed by atoms with Crippen LogP contribution < -0.4 is 11.1 Å². The van der Waals surface area contributed by atoms with Crippen LogP contribution >= 0.6 is 0 Å². The molecule has 2 aromatic rings. The monoisotopic (exact) mass is 424 g/mol. The van der Waals surface area contributed by atoms with Gasteiger partial charge in [0.1, 0.15) is 5.54 Å². The number of rotatable bonds is 11. The van der Waals surface area contributed by atoms with E-state index >= 15 is 0 Å². The van der Waals surface area contributed by atoms with E-state index in [1.807, 2.05) is 18.2 Å². The highest BCUT2D eigenvalue weighted by Crippen LogP contribution is 2.36. The van der Waals surface area contributed by atoms with Gasteiger partial charge < -0.3 is 26.2 Å². The van der Waals surface area contributed by atoms with Crippen molar-refractivity contribution in [1.29, 1.82) is 0 Å². The van der Waals surface area contributed by atoms with E-state index in [2.05, 4.69) is 41.7 Å². The van der Waals surface area contributed by atoms with Gasteiger partial charge in [0.2, 0.25) is 0 Å². The molecule has 1 unspecified atom stereocenters. The number of hydrogen-bond acceptors (Lipinski definition) is 5. The topological polar surface area (TPSA) is 116 Å². The van der Waals surface area contributed by atoms with Gasteiger partial charge >= 0.3 is 13.1 Å². The highest BCUT2D eigenvalue weighted by atomic mass is 16.4. The van der Waals surface area contributed by atoms with Crippen LogP contribution in [0.25, 0.3) is 11.1 Å². The largest absolute Gasteiger partial charge is 0.480 e. The summed E-state index contributed by atoms with van der Waals surface area (Å²) in [5.41, 5.74) is 8.68. The maximum absolute atomic E-state index is 11.9. The molecule has 0 aromatic heterocycles. The molecule has 3 atom stereocenters. The van der Waals surface area contributed by atoms with Gasteiger partial charge in [-0.3, -0.25) is 4.79 Å². The highest BCUT2D eigenvalue weighted by Gasteiger charge is 2.45. The number of unbranched alkanes of at least 4 members (excludes halogenated alkanes) is 1. The van der Waals surface area contributed by atoms with Crippen molar-refractivity contribution < 1.29 is 19.9 Å². The summed E-state index contributed by atoms with van der Waals surface area (Å²) in [5.74, 6) is -1.04. The molecule has 0 spiro atoms. The lowest BCUT2D eigenvalue weighted by molar-refractivity contribution is -0.146. The predicted octanol–water partition coefficient (Wildman–Crippen LogP) is 3.04. The smallest absolute Gasteiger partial charge is 0.451 e. The van der Waals surface area contributed by atoms with Crippen molar-refractivity contribution in [2.24, 2.45) is 11.7 Å². The summed E-state index contributed by atoms with van der Waals surface area (Å²) in [7, 11) is -1.35. The Hall–Kier alpha value is -2.19. The molecule has 0 bridgehead atoms. The zero-order valence-electron chi connectivity index (χ0n) is 17.9. The number of nitrogens with one attached hydrogen (secondary N) is 1. The first-order chi connectivity index (χ1) is 14.9. The van der Waals surface area contributed by atoms with Gasteiger partial charge in [0.25, 0.3) is 0 Å². The summed E-state index contributed by atoms with van der Waals surface area (Å²) in [6.07, 6.45) is 4.17. The molecule has 3 rings (SSSR count). The average molecular weight is 424 g/mol. The van der Waals surface area contributed by atoms with Crippen molar-refractivity contribution in [3.8, 4) is 11.1 Å². The zero-order chi connectivity index (χ0) is 22.3. The molecule has 1 fully saturated rings. The van der Waals surface area contributed by atoms with E-state index < -0.39 is 18.6 Å². The van der Waals surface area contributed by atoms with Gasteiger partial charge in [0.15, 0.2) is 0 Å². The summed E-state index contributed by atoms with van der Waals surface area (Å²) in [5, 5.41) is 31.3. The van der Waals surface area contributed by atoms with Gasteiger partial charge in [-0.2, -0.15) is 0 Å². The average Bonchev–Trinajstić information content (AvgIpc) is 3.25. The van der Waals surface area contributed by atoms with Crippen LogP contribution in [0.1, 0.15) is 44.1 Å². The second-order valence-corrected chi connectivity index (χ2v) is 8.72. The molecule has 1 saturated carbocycles. The van der Waals surface area contributed by atoms with Crippen molar-refractivity contribution in [2.75, 3.05) is 0 Å². The Kier molecular flexibility index (Phi) is 8.26. The van der Waals surface area contributed by atoms with Crippen LogP contribution in [0.5, 0.6) is 0 Å². The van der Waals surface area contributed by atoms with E-state index in [4.69, 9.17) is 15.8 Å². The fourth-order valence-electron chi connectivity index (χ4n) is 4.57. The fraction of sp³-hybridized carbons (Fsp3) is 0.458. The van der Waals surface area contributed by atoms with Crippen LogP contribution in [0.15, 0.2) is 54.6 Å². The standard InChI is InChI=1S/C24H33BN2O4/c26-24(23(28)29,14-4-5-15-25(30)31)21-12-13-22(16-21)27-17-18-8-10-20(11-9-18)19-6-2-1-3-7-19/h1-3,6-11,21-22,27,30-31H,4-5,12-17,26H2,(H,28,29)/t21-,22+,24?/m0/s1. The quantitative estimate of drug-likeness (QED) is 0.280. The zero-order valence-corrected chi connectivity index (χ0v) is 17.9. The molecular weight excluding hydrogens is 391 g/mol. The molecule has 0 saturated heterocycles. The molecular formula is C24H33BN2O4. The summed E-state index contributed by atoms with van der Waals surface area (Å²) in [6, 6.07) is 19.0. The van der Waals surface area contributed by atoms with E-state index in [9.17, 15) is 9.90 Å². The summed E-state index contributed by atoms with van der Waals surface area (Å²) < 4.78 is 0. The highest BCUT2D eigenvalue weighted by molar-refractivity contribution is 6.40. The van der Waals surface area contributed by atoms with E-state index in [-0.39, 0.29) is 18.3 Å². The van der Waals surface area contributed by atoms with E-state index in [0.717, 1.165) is 25.8 Å². The molecule has 6 N–H and O–H groups in total. The van der Waals surface area contributed by atoms with Gasteiger partial charge in [-0.15, -0.1) is 0 Å². The second-order valence-electron chi connectivity index (χ2n) is 8.72. The Morgan fingerprint density at radius 2 is 1.71 bits per heavy atom. The Bertz CT molecular complexity index is 831. The molecule has 0 radical (unpaired) electrons. The molecule has 1 aliphatic carbocycles. The van der Waals surface area contributed by atoms with Crippen LogP contribution in [0.4, 0.5) is 0 Å². The van der Waals surface area contributed by atoms with Gasteiger partial charge in [-0.05, 0) is 54.6 Å². The summed E-state index contributed by atoms with van der Waals surface area (Å²) >= 11 is 0. The van der Waals surface area contributed by atoms with Crippen LogP contribution in [0, 0.1) is 5.92 Å². The van der Waals surface area contributed by atoms with E-state index in [1.165, 1.54) is 16.7 Å².